The molecule has 1 amide bonds. The number of unbranched alkanes of at least 4 members (excludes halogenated alkanes) is 8. The van der Waals surface area contributed by atoms with E-state index in [1.165, 1.54) is 44.9 Å². The van der Waals surface area contributed by atoms with E-state index in [9.17, 15) is 9.59 Å². The van der Waals surface area contributed by atoms with Crippen molar-refractivity contribution in [2.45, 2.75) is 96.9 Å². The van der Waals surface area contributed by atoms with Crippen LogP contribution in [-0.2, 0) is 14.3 Å². The summed E-state index contributed by atoms with van der Waals surface area (Å²) in [7, 11) is 0. The number of nitrogens with two attached hydrogens (primary N) is 2. The number of nitrogens with zero attached hydrogens (tertiary/aromatic N) is 1. The van der Waals surface area contributed by atoms with Crippen molar-refractivity contribution in [1.82, 2.24) is 5.32 Å². The van der Waals surface area contributed by atoms with Crippen LogP contribution in [0.2, 0.25) is 0 Å². The maximum absolute atomic E-state index is 11.8. The van der Waals surface area contributed by atoms with Crippen LogP contribution in [0.25, 0.3) is 0 Å². The van der Waals surface area contributed by atoms with Gasteiger partial charge in [0, 0.05) is 13.0 Å². The van der Waals surface area contributed by atoms with Gasteiger partial charge in [-0.05, 0) is 26.2 Å². The van der Waals surface area contributed by atoms with Crippen molar-refractivity contribution in [3.8, 4) is 0 Å². The van der Waals surface area contributed by atoms with Crippen LogP contribution in [0.4, 0.5) is 0 Å². The van der Waals surface area contributed by atoms with Crippen molar-refractivity contribution in [3.05, 3.63) is 0 Å². The van der Waals surface area contributed by atoms with Crippen LogP contribution in [0.3, 0.4) is 0 Å². The Morgan fingerprint density at radius 1 is 0.963 bits per heavy atom. The standard InChI is InChI=1S/C20H40N4O3/c1-3-5-6-7-8-9-10-11-12-15-18(25)24-20(22)23-16-13-14-17(21)19(26)27-4-2/h17H,3-16,21H2,1-2H3,(H3,22,23,24,25)/t17-/m0/s1. The van der Waals surface area contributed by atoms with E-state index in [0.717, 1.165) is 12.8 Å². The predicted octanol–water partition coefficient (Wildman–Crippen LogP) is 3.01. The molecule has 0 aromatic rings. The highest BCUT2D eigenvalue weighted by Crippen LogP contribution is 2.10. The number of amides is 1. The molecule has 0 aliphatic carbocycles. The maximum Gasteiger partial charge on any atom is 0.322 e. The summed E-state index contributed by atoms with van der Waals surface area (Å²) in [4.78, 5) is 27.3. The molecule has 0 fully saturated rings. The Labute approximate surface area is 164 Å². The molecule has 0 saturated heterocycles. The number of aliphatic imine (C=N–C) groups is 1. The zero-order valence-corrected chi connectivity index (χ0v) is 17.3. The van der Waals surface area contributed by atoms with Crippen LogP contribution < -0.4 is 16.8 Å². The summed E-state index contributed by atoms with van der Waals surface area (Å²) in [5.41, 5.74) is 11.4. The van der Waals surface area contributed by atoms with E-state index in [1.807, 2.05) is 0 Å². The minimum Gasteiger partial charge on any atom is -0.465 e. The van der Waals surface area contributed by atoms with Gasteiger partial charge in [0.2, 0.25) is 5.91 Å². The molecule has 0 heterocycles. The average Bonchev–Trinajstić information content (AvgIpc) is 2.63. The molecule has 0 aliphatic heterocycles. The second-order valence-corrected chi connectivity index (χ2v) is 6.89. The molecule has 0 rings (SSSR count). The van der Waals surface area contributed by atoms with Gasteiger partial charge in [-0.2, -0.15) is 0 Å². The van der Waals surface area contributed by atoms with Gasteiger partial charge in [0.05, 0.1) is 6.61 Å². The zero-order valence-electron chi connectivity index (χ0n) is 17.3. The Morgan fingerprint density at radius 3 is 2.15 bits per heavy atom. The Bertz CT molecular complexity index is 427. The highest BCUT2D eigenvalue weighted by Gasteiger charge is 2.13. The van der Waals surface area contributed by atoms with Crippen molar-refractivity contribution in [2.75, 3.05) is 13.2 Å². The first kappa shape index (κ1) is 25.4. The molecule has 0 radical (unpaired) electrons. The molecule has 0 unspecified atom stereocenters. The van der Waals surface area contributed by atoms with Gasteiger partial charge < -0.3 is 16.2 Å². The molecule has 5 N–H and O–H groups in total. The van der Waals surface area contributed by atoms with Gasteiger partial charge in [0.25, 0.3) is 0 Å². The van der Waals surface area contributed by atoms with E-state index in [0.29, 0.717) is 32.4 Å². The predicted molar refractivity (Wildman–Crippen MR) is 110 cm³/mol. The Hall–Kier alpha value is -1.63. The maximum atomic E-state index is 11.8. The van der Waals surface area contributed by atoms with Crippen molar-refractivity contribution >= 4 is 17.8 Å². The molecule has 27 heavy (non-hydrogen) atoms. The Morgan fingerprint density at radius 2 is 1.56 bits per heavy atom. The van der Waals surface area contributed by atoms with Gasteiger partial charge >= 0.3 is 5.97 Å². The van der Waals surface area contributed by atoms with E-state index in [2.05, 4.69) is 17.2 Å². The van der Waals surface area contributed by atoms with Crippen LogP contribution in [0.5, 0.6) is 0 Å². The number of hydrogen-bond donors (Lipinski definition) is 3. The van der Waals surface area contributed by atoms with Crippen molar-refractivity contribution in [3.63, 3.8) is 0 Å². The van der Waals surface area contributed by atoms with E-state index in [-0.39, 0.29) is 11.9 Å². The Balaban J connectivity index is 3.65. The van der Waals surface area contributed by atoms with E-state index in [1.54, 1.807) is 6.92 Å². The fourth-order valence-electron chi connectivity index (χ4n) is 2.72. The fraction of sp³-hybridized carbons (Fsp3) is 0.850. The average molecular weight is 385 g/mol. The van der Waals surface area contributed by atoms with Gasteiger partial charge in [-0.3, -0.25) is 19.9 Å². The highest BCUT2D eigenvalue weighted by atomic mass is 16.5. The fourth-order valence-corrected chi connectivity index (χ4v) is 2.72. The van der Waals surface area contributed by atoms with Crippen LogP contribution in [0, 0.1) is 0 Å². The first-order valence-corrected chi connectivity index (χ1v) is 10.5. The minimum atomic E-state index is -0.636. The lowest BCUT2D eigenvalue weighted by Gasteiger charge is -2.09. The number of esters is 1. The molecular weight excluding hydrogens is 344 g/mol. The van der Waals surface area contributed by atoms with Crippen molar-refractivity contribution < 1.29 is 14.3 Å². The molecular formula is C20H40N4O3. The molecule has 7 heteroatoms. The topological polar surface area (TPSA) is 120 Å². The molecule has 0 bridgehead atoms. The number of hydrogen-bond acceptors (Lipinski definition) is 5. The minimum absolute atomic E-state index is 0.0950. The number of ether oxygens (including phenoxy) is 1. The van der Waals surface area contributed by atoms with Crippen LogP contribution >= 0.6 is 0 Å². The summed E-state index contributed by atoms with van der Waals surface area (Å²) >= 11 is 0. The lowest BCUT2D eigenvalue weighted by atomic mass is 10.1. The number of guanidine groups is 1. The summed E-state index contributed by atoms with van der Waals surface area (Å²) in [6, 6.07) is -0.636. The van der Waals surface area contributed by atoms with E-state index >= 15 is 0 Å². The summed E-state index contributed by atoms with van der Waals surface area (Å²) < 4.78 is 4.84. The molecule has 0 spiro atoms. The van der Waals surface area contributed by atoms with Gasteiger partial charge in [-0.1, -0.05) is 58.3 Å². The van der Waals surface area contributed by atoms with Gasteiger partial charge in [0.1, 0.15) is 6.04 Å². The Kier molecular flexibility index (Phi) is 16.7. The summed E-state index contributed by atoms with van der Waals surface area (Å²) in [5, 5.41) is 2.60. The number of nitrogens with one attached hydrogen (secondary N) is 1. The summed E-state index contributed by atoms with van der Waals surface area (Å²) in [6.45, 7) is 4.71. The first-order valence-electron chi connectivity index (χ1n) is 10.5. The molecule has 0 aliphatic rings. The zero-order chi connectivity index (χ0) is 20.3. The van der Waals surface area contributed by atoms with Gasteiger partial charge in [-0.25, -0.2) is 0 Å². The van der Waals surface area contributed by atoms with Gasteiger partial charge in [-0.15, -0.1) is 0 Å². The third-order valence-electron chi connectivity index (χ3n) is 4.32. The van der Waals surface area contributed by atoms with Crippen LogP contribution in [-0.4, -0.2) is 37.0 Å². The molecule has 0 aromatic carbocycles. The second-order valence-electron chi connectivity index (χ2n) is 6.89. The van der Waals surface area contributed by atoms with Crippen LogP contribution in [0.1, 0.15) is 90.9 Å². The lowest BCUT2D eigenvalue weighted by molar-refractivity contribution is -0.144. The first-order chi connectivity index (χ1) is 13.0. The summed E-state index contributed by atoms with van der Waals surface area (Å²) in [6.07, 6.45) is 12.5. The third kappa shape index (κ3) is 16.3. The van der Waals surface area contributed by atoms with E-state index < -0.39 is 12.0 Å². The van der Waals surface area contributed by atoms with Gasteiger partial charge in [0.15, 0.2) is 5.96 Å². The van der Waals surface area contributed by atoms with Crippen LogP contribution in [0.15, 0.2) is 4.99 Å². The third-order valence-corrected chi connectivity index (χ3v) is 4.32. The van der Waals surface area contributed by atoms with Crippen molar-refractivity contribution in [1.29, 1.82) is 0 Å². The molecule has 1 atom stereocenters. The number of rotatable bonds is 16. The normalized spacial score (nSPS) is 12.6. The quantitative estimate of drug-likeness (QED) is 0.163. The monoisotopic (exact) mass is 384 g/mol. The highest BCUT2D eigenvalue weighted by molar-refractivity contribution is 5.96. The number of carbonyl (C=O) groups excluding carboxylic acids is 2. The SMILES string of the molecule is CCCCCCCCCCCC(=O)NC(N)=NCCC[C@H](N)C(=O)OCC. The molecule has 0 aromatic heterocycles. The second kappa shape index (κ2) is 17.8. The number of carbonyl (C=O) groups is 2. The lowest BCUT2D eigenvalue weighted by Crippen LogP contribution is -2.37. The molecule has 7 nitrogen and oxygen atoms in total. The largest absolute Gasteiger partial charge is 0.465 e. The van der Waals surface area contributed by atoms with E-state index in [4.69, 9.17) is 16.2 Å². The smallest absolute Gasteiger partial charge is 0.322 e. The van der Waals surface area contributed by atoms with Crippen molar-refractivity contribution in [2.24, 2.45) is 16.5 Å². The summed E-state index contributed by atoms with van der Waals surface area (Å²) in [5.74, 6) is -0.369. The molecule has 0 saturated carbocycles. The molecule has 158 valence electrons.